The Labute approximate surface area is 162 Å². The van der Waals surface area contributed by atoms with Crippen molar-refractivity contribution in [3.63, 3.8) is 0 Å². The van der Waals surface area contributed by atoms with E-state index in [1.807, 2.05) is 44.2 Å². The van der Waals surface area contributed by atoms with Crippen molar-refractivity contribution in [2.75, 3.05) is 13.1 Å². The second kappa shape index (κ2) is 7.47. The predicted octanol–water partition coefficient (Wildman–Crippen LogP) is 3.99. The van der Waals surface area contributed by atoms with Crippen molar-refractivity contribution in [2.24, 2.45) is 11.8 Å². The van der Waals surface area contributed by atoms with Gasteiger partial charge in [0, 0.05) is 25.7 Å². The normalized spacial score (nSPS) is 25.3. The van der Waals surface area contributed by atoms with E-state index in [9.17, 15) is 4.79 Å². The van der Waals surface area contributed by atoms with Crippen molar-refractivity contribution in [2.45, 2.75) is 44.7 Å². The first-order valence-electron chi connectivity index (χ1n) is 10.2. The van der Waals surface area contributed by atoms with Crippen LogP contribution in [0, 0.1) is 11.8 Å². The lowest BCUT2D eigenvalue weighted by molar-refractivity contribution is -0.126. The van der Waals surface area contributed by atoms with Crippen LogP contribution in [0.2, 0.25) is 0 Å². The number of carbonyl (C=O) groups is 1. The monoisotopic (exact) mass is 362 g/mol. The summed E-state index contributed by atoms with van der Waals surface area (Å²) in [6.45, 7) is 7.33. The molecule has 0 bridgehead atoms. The van der Waals surface area contributed by atoms with Crippen molar-refractivity contribution in [3.8, 4) is 0 Å². The van der Waals surface area contributed by atoms with Gasteiger partial charge in [-0.05, 0) is 49.7 Å². The summed E-state index contributed by atoms with van der Waals surface area (Å²) in [4.78, 5) is 15.6. The summed E-state index contributed by atoms with van der Waals surface area (Å²) in [5.41, 5.74) is 1.96. The number of benzene rings is 2. The first-order chi connectivity index (χ1) is 13.0. The molecule has 3 nitrogen and oxygen atoms in total. The summed E-state index contributed by atoms with van der Waals surface area (Å²) in [6, 6.07) is 21.1. The lowest BCUT2D eigenvalue weighted by Gasteiger charge is -2.29. The molecule has 0 radical (unpaired) electrons. The van der Waals surface area contributed by atoms with Crippen molar-refractivity contribution >= 4 is 5.91 Å². The SMILES string of the molecule is CC(C)(C(=O)N[C@@H]1CC[C@H]2CN(Cc3ccccc3)C[C@H]21)c1ccccc1. The highest BCUT2D eigenvalue weighted by Crippen LogP contribution is 2.39. The quantitative estimate of drug-likeness (QED) is 0.872. The minimum absolute atomic E-state index is 0.154. The van der Waals surface area contributed by atoms with Gasteiger partial charge >= 0.3 is 0 Å². The fourth-order valence-corrected chi connectivity index (χ4v) is 4.84. The molecule has 1 aliphatic heterocycles. The summed E-state index contributed by atoms with van der Waals surface area (Å²) in [7, 11) is 0. The molecule has 1 aliphatic carbocycles. The van der Waals surface area contributed by atoms with E-state index >= 15 is 0 Å². The number of likely N-dealkylation sites (tertiary alicyclic amines) is 1. The van der Waals surface area contributed by atoms with Gasteiger partial charge in [0.05, 0.1) is 5.41 Å². The molecular formula is C24H30N2O. The average Bonchev–Trinajstić information content (AvgIpc) is 3.24. The summed E-state index contributed by atoms with van der Waals surface area (Å²) in [6.07, 6.45) is 2.35. The van der Waals surface area contributed by atoms with Gasteiger partial charge in [-0.2, -0.15) is 0 Å². The Bertz CT molecular complexity index is 771. The summed E-state index contributed by atoms with van der Waals surface area (Å²) >= 11 is 0. The van der Waals surface area contributed by atoms with Gasteiger partial charge in [-0.3, -0.25) is 9.69 Å². The van der Waals surface area contributed by atoms with E-state index in [1.54, 1.807) is 0 Å². The lowest BCUT2D eigenvalue weighted by atomic mass is 9.83. The van der Waals surface area contributed by atoms with Crippen LogP contribution in [-0.2, 0) is 16.8 Å². The molecule has 0 aromatic heterocycles. The molecule has 1 N–H and O–H groups in total. The zero-order valence-corrected chi connectivity index (χ0v) is 16.4. The second-order valence-corrected chi connectivity index (χ2v) is 8.75. The highest BCUT2D eigenvalue weighted by molar-refractivity contribution is 5.87. The average molecular weight is 363 g/mol. The maximum Gasteiger partial charge on any atom is 0.230 e. The minimum Gasteiger partial charge on any atom is -0.352 e. The highest BCUT2D eigenvalue weighted by Gasteiger charge is 2.44. The smallest absolute Gasteiger partial charge is 0.230 e. The number of amides is 1. The number of hydrogen-bond acceptors (Lipinski definition) is 2. The number of nitrogens with zero attached hydrogens (tertiary/aromatic N) is 1. The van der Waals surface area contributed by atoms with Crippen LogP contribution in [0.25, 0.3) is 0 Å². The summed E-state index contributed by atoms with van der Waals surface area (Å²) in [5.74, 6) is 1.46. The van der Waals surface area contributed by atoms with Gasteiger partial charge in [-0.15, -0.1) is 0 Å². The van der Waals surface area contributed by atoms with Gasteiger partial charge < -0.3 is 5.32 Å². The van der Waals surface area contributed by atoms with E-state index in [-0.39, 0.29) is 5.91 Å². The minimum atomic E-state index is -0.498. The Balaban J connectivity index is 1.38. The Morgan fingerprint density at radius 3 is 2.37 bits per heavy atom. The summed E-state index contributed by atoms with van der Waals surface area (Å²) in [5, 5.41) is 3.41. The Morgan fingerprint density at radius 2 is 1.67 bits per heavy atom. The molecule has 2 fully saturated rings. The molecule has 2 aliphatic rings. The first kappa shape index (κ1) is 18.2. The molecule has 3 atom stereocenters. The van der Waals surface area contributed by atoms with Crippen molar-refractivity contribution in [1.29, 1.82) is 0 Å². The van der Waals surface area contributed by atoms with Crippen LogP contribution >= 0.6 is 0 Å². The molecule has 1 amide bonds. The highest BCUT2D eigenvalue weighted by atomic mass is 16.2. The number of hydrogen-bond donors (Lipinski definition) is 1. The third-order valence-electron chi connectivity index (χ3n) is 6.56. The number of nitrogens with one attached hydrogen (secondary N) is 1. The third-order valence-corrected chi connectivity index (χ3v) is 6.56. The second-order valence-electron chi connectivity index (χ2n) is 8.75. The molecule has 0 unspecified atom stereocenters. The van der Waals surface area contributed by atoms with Crippen molar-refractivity contribution < 1.29 is 4.79 Å². The standard InChI is InChI=1S/C24H30N2O/c1-24(2,20-11-7-4-8-12-20)23(27)25-22-14-13-19-16-26(17-21(19)22)15-18-9-5-3-6-10-18/h3-12,19,21-22H,13-17H2,1-2H3,(H,25,27)/t19-,21+,22+/m0/s1. The topological polar surface area (TPSA) is 32.3 Å². The van der Waals surface area contributed by atoms with E-state index < -0.39 is 5.41 Å². The Morgan fingerprint density at radius 1 is 1.00 bits per heavy atom. The lowest BCUT2D eigenvalue weighted by Crippen LogP contribution is -2.47. The molecule has 1 heterocycles. The van der Waals surface area contributed by atoms with Crippen LogP contribution in [0.15, 0.2) is 60.7 Å². The van der Waals surface area contributed by atoms with E-state index in [0.29, 0.717) is 12.0 Å². The zero-order valence-electron chi connectivity index (χ0n) is 16.4. The fraction of sp³-hybridized carbons (Fsp3) is 0.458. The van der Waals surface area contributed by atoms with E-state index in [0.717, 1.165) is 37.5 Å². The van der Waals surface area contributed by atoms with Crippen molar-refractivity contribution in [1.82, 2.24) is 10.2 Å². The molecule has 2 aromatic rings. The third kappa shape index (κ3) is 3.79. The van der Waals surface area contributed by atoms with Crippen LogP contribution in [0.1, 0.15) is 37.8 Å². The molecule has 1 saturated heterocycles. The van der Waals surface area contributed by atoms with Gasteiger partial charge in [0.2, 0.25) is 5.91 Å². The molecule has 27 heavy (non-hydrogen) atoms. The van der Waals surface area contributed by atoms with E-state index in [1.165, 1.54) is 12.0 Å². The van der Waals surface area contributed by atoms with Gasteiger partial charge in [0.15, 0.2) is 0 Å². The predicted molar refractivity (Wildman–Crippen MR) is 109 cm³/mol. The first-order valence-corrected chi connectivity index (χ1v) is 10.2. The number of fused-ring (bicyclic) bond motifs is 1. The number of carbonyl (C=O) groups excluding carboxylic acids is 1. The maximum atomic E-state index is 13.1. The largest absolute Gasteiger partial charge is 0.352 e. The molecule has 1 saturated carbocycles. The van der Waals surface area contributed by atoms with E-state index in [4.69, 9.17) is 0 Å². The van der Waals surface area contributed by atoms with Crippen LogP contribution in [0.4, 0.5) is 0 Å². The number of rotatable bonds is 5. The molecule has 142 valence electrons. The van der Waals surface area contributed by atoms with Crippen molar-refractivity contribution in [3.05, 3.63) is 71.8 Å². The molecule has 2 aromatic carbocycles. The fourth-order valence-electron chi connectivity index (χ4n) is 4.84. The van der Waals surface area contributed by atoms with Crippen LogP contribution in [0.3, 0.4) is 0 Å². The van der Waals surface area contributed by atoms with Gasteiger partial charge in [0.25, 0.3) is 0 Å². The Kier molecular flexibility index (Phi) is 5.05. The van der Waals surface area contributed by atoms with Gasteiger partial charge in [-0.25, -0.2) is 0 Å². The zero-order chi connectivity index (χ0) is 18.9. The van der Waals surface area contributed by atoms with Crippen LogP contribution in [-0.4, -0.2) is 29.9 Å². The molecule has 4 rings (SSSR count). The van der Waals surface area contributed by atoms with Gasteiger partial charge in [-0.1, -0.05) is 60.7 Å². The Hall–Kier alpha value is -2.13. The van der Waals surface area contributed by atoms with Gasteiger partial charge in [0.1, 0.15) is 0 Å². The molecule has 3 heteroatoms. The molecule has 0 spiro atoms. The molecular weight excluding hydrogens is 332 g/mol. The van der Waals surface area contributed by atoms with Crippen LogP contribution < -0.4 is 5.32 Å². The maximum absolute atomic E-state index is 13.1. The summed E-state index contributed by atoms with van der Waals surface area (Å²) < 4.78 is 0. The van der Waals surface area contributed by atoms with E-state index in [2.05, 4.69) is 40.5 Å². The van der Waals surface area contributed by atoms with Crippen LogP contribution in [0.5, 0.6) is 0 Å².